The van der Waals surface area contributed by atoms with Crippen LogP contribution in [0.15, 0.2) is 36.5 Å². The smallest absolute Gasteiger partial charge is 0.408 e. The summed E-state index contributed by atoms with van der Waals surface area (Å²) in [5.74, 6) is -0.950. The van der Waals surface area contributed by atoms with Crippen molar-refractivity contribution >= 4 is 23.5 Å². The Balaban J connectivity index is 1.92. The van der Waals surface area contributed by atoms with Gasteiger partial charge in [0.2, 0.25) is 0 Å². The van der Waals surface area contributed by atoms with Gasteiger partial charge in [0.05, 0.1) is 0 Å². The molecule has 0 fully saturated rings. The van der Waals surface area contributed by atoms with Crippen LogP contribution in [0.2, 0.25) is 0 Å². The van der Waals surface area contributed by atoms with E-state index in [1.54, 1.807) is 24.3 Å². The highest BCUT2D eigenvalue weighted by Gasteiger charge is 2.28. The van der Waals surface area contributed by atoms with Crippen molar-refractivity contribution < 1.29 is 27.9 Å². The number of urea groups is 1. The third-order valence-corrected chi connectivity index (χ3v) is 3.04. The van der Waals surface area contributed by atoms with Gasteiger partial charge in [0, 0.05) is 24.4 Å². The molecule has 0 radical (unpaired) electrons. The molecule has 2 amide bonds. The van der Waals surface area contributed by atoms with Gasteiger partial charge in [0.1, 0.15) is 6.54 Å². The number of nitrogens with zero attached hydrogens (tertiary/aromatic N) is 2. The van der Waals surface area contributed by atoms with Crippen LogP contribution in [0.4, 0.5) is 29.5 Å². The van der Waals surface area contributed by atoms with E-state index in [4.69, 9.17) is 5.11 Å². The Morgan fingerprint density at radius 3 is 2.64 bits per heavy atom. The van der Waals surface area contributed by atoms with Gasteiger partial charge in [0.15, 0.2) is 5.82 Å². The van der Waals surface area contributed by atoms with Crippen molar-refractivity contribution in [2.24, 2.45) is 0 Å². The fourth-order valence-corrected chi connectivity index (χ4v) is 2.03. The van der Waals surface area contributed by atoms with Crippen LogP contribution < -0.4 is 10.6 Å². The number of aliphatic carboxylic acids is 1. The number of hydrogen-bond acceptors (Lipinski definition) is 3. The van der Waals surface area contributed by atoms with Crippen molar-refractivity contribution in [3.63, 3.8) is 0 Å². The molecule has 0 aliphatic carbocycles. The van der Waals surface area contributed by atoms with Crippen molar-refractivity contribution in [1.29, 1.82) is 0 Å². The van der Waals surface area contributed by atoms with Crippen LogP contribution in [-0.2, 0) is 17.8 Å². The van der Waals surface area contributed by atoms with E-state index in [1.807, 2.05) is 0 Å². The summed E-state index contributed by atoms with van der Waals surface area (Å²) >= 11 is 0. The molecular weight excluding hydrogens is 341 g/mol. The zero-order valence-corrected chi connectivity index (χ0v) is 12.9. The molecule has 2 aromatic rings. The largest absolute Gasteiger partial charge is 0.481 e. The Hall–Kier alpha value is -3.04. The second-order valence-electron chi connectivity index (χ2n) is 5.19. The quantitative estimate of drug-likeness (QED) is 0.741. The molecule has 0 atom stereocenters. The number of rotatable bonds is 6. The van der Waals surface area contributed by atoms with Crippen LogP contribution in [0.1, 0.15) is 12.0 Å². The highest BCUT2D eigenvalue weighted by Crippen LogP contribution is 2.18. The van der Waals surface area contributed by atoms with E-state index in [9.17, 15) is 22.8 Å². The molecule has 0 unspecified atom stereocenters. The Morgan fingerprint density at radius 1 is 1.20 bits per heavy atom. The minimum absolute atomic E-state index is 0.0243. The van der Waals surface area contributed by atoms with E-state index in [-0.39, 0.29) is 12.2 Å². The van der Waals surface area contributed by atoms with Gasteiger partial charge < -0.3 is 10.4 Å². The number of hydrogen-bond donors (Lipinski definition) is 3. The molecule has 0 bridgehead atoms. The summed E-state index contributed by atoms with van der Waals surface area (Å²) < 4.78 is 37.4. The molecule has 1 aromatic heterocycles. The summed E-state index contributed by atoms with van der Waals surface area (Å²) in [6.07, 6.45) is -3.02. The monoisotopic (exact) mass is 356 g/mol. The van der Waals surface area contributed by atoms with E-state index >= 15 is 0 Å². The first kappa shape index (κ1) is 18.3. The van der Waals surface area contributed by atoms with Gasteiger partial charge in [-0.05, 0) is 24.1 Å². The van der Waals surface area contributed by atoms with Crippen LogP contribution in [0.5, 0.6) is 0 Å². The number of carbonyl (C=O) groups is 2. The number of nitrogens with one attached hydrogen (secondary N) is 2. The van der Waals surface area contributed by atoms with E-state index in [1.165, 1.54) is 6.07 Å². The summed E-state index contributed by atoms with van der Waals surface area (Å²) in [6, 6.07) is 7.17. The van der Waals surface area contributed by atoms with Crippen molar-refractivity contribution in [3.05, 3.63) is 42.1 Å². The number of benzene rings is 1. The summed E-state index contributed by atoms with van der Waals surface area (Å²) in [6.45, 7) is -1.25. The lowest BCUT2D eigenvalue weighted by molar-refractivity contribution is -0.142. The average molecular weight is 356 g/mol. The molecule has 25 heavy (non-hydrogen) atoms. The first-order valence-electron chi connectivity index (χ1n) is 7.20. The summed E-state index contributed by atoms with van der Waals surface area (Å²) in [5, 5.41) is 17.1. The molecule has 1 aromatic carbocycles. The number of halogens is 3. The number of anilines is 2. The van der Waals surface area contributed by atoms with E-state index in [2.05, 4.69) is 15.7 Å². The first-order chi connectivity index (χ1) is 11.7. The minimum atomic E-state index is -4.40. The fourth-order valence-electron chi connectivity index (χ4n) is 2.03. The van der Waals surface area contributed by atoms with Crippen LogP contribution in [0, 0.1) is 0 Å². The zero-order chi connectivity index (χ0) is 18.4. The molecule has 0 aliphatic heterocycles. The molecule has 2 rings (SSSR count). The fraction of sp³-hybridized carbons (Fsp3) is 0.267. The van der Waals surface area contributed by atoms with Gasteiger partial charge >= 0.3 is 18.2 Å². The SMILES string of the molecule is O=C(O)CCc1cccc(NC(=O)Nc2ccn(CC(F)(F)F)n2)c1. The lowest BCUT2D eigenvalue weighted by Gasteiger charge is -2.08. The van der Waals surface area contributed by atoms with Crippen LogP contribution in [-0.4, -0.2) is 33.1 Å². The average Bonchev–Trinajstić information content (AvgIpc) is 2.90. The normalized spacial score (nSPS) is 11.2. The highest BCUT2D eigenvalue weighted by atomic mass is 19.4. The van der Waals surface area contributed by atoms with E-state index in [0.29, 0.717) is 16.8 Å². The van der Waals surface area contributed by atoms with Crippen LogP contribution in [0.25, 0.3) is 0 Å². The van der Waals surface area contributed by atoms with Crippen LogP contribution in [0.3, 0.4) is 0 Å². The number of alkyl halides is 3. The Kier molecular flexibility index (Phi) is 5.63. The molecular formula is C15H15F3N4O3. The number of carboxylic acids is 1. The standard InChI is InChI=1S/C15H15F3N4O3/c16-15(17,18)9-22-7-6-12(21-22)20-14(25)19-11-3-1-2-10(8-11)4-5-13(23)24/h1-3,6-8H,4-5,9H2,(H,23,24)(H2,19,20,21,25). The summed E-state index contributed by atoms with van der Waals surface area (Å²) in [5.41, 5.74) is 1.16. The van der Waals surface area contributed by atoms with Gasteiger partial charge in [-0.1, -0.05) is 12.1 Å². The van der Waals surface area contributed by atoms with Gasteiger partial charge in [-0.25, -0.2) is 4.79 Å². The molecule has 10 heteroatoms. The van der Waals surface area contributed by atoms with Crippen molar-refractivity contribution in [2.45, 2.75) is 25.6 Å². The maximum Gasteiger partial charge on any atom is 0.408 e. The molecule has 1 heterocycles. The van der Waals surface area contributed by atoms with Gasteiger partial charge in [-0.15, -0.1) is 0 Å². The second-order valence-corrected chi connectivity index (χ2v) is 5.19. The predicted octanol–water partition coefficient (Wildman–Crippen LogP) is 3.11. The molecule has 134 valence electrons. The number of carbonyl (C=O) groups excluding carboxylic acids is 1. The lowest BCUT2D eigenvalue weighted by atomic mass is 10.1. The first-order valence-corrected chi connectivity index (χ1v) is 7.20. The molecule has 7 nitrogen and oxygen atoms in total. The molecule has 3 N–H and O–H groups in total. The van der Waals surface area contributed by atoms with E-state index < -0.39 is 24.7 Å². The van der Waals surface area contributed by atoms with E-state index in [0.717, 1.165) is 11.8 Å². The third kappa shape index (κ3) is 6.53. The van der Waals surface area contributed by atoms with Crippen molar-refractivity contribution in [2.75, 3.05) is 10.6 Å². The number of aryl methyl sites for hydroxylation is 1. The molecule has 0 saturated carbocycles. The van der Waals surface area contributed by atoms with Gasteiger partial charge in [0.25, 0.3) is 0 Å². The van der Waals surface area contributed by atoms with Crippen LogP contribution >= 0.6 is 0 Å². The second kappa shape index (κ2) is 7.69. The summed E-state index contributed by atoms with van der Waals surface area (Å²) in [4.78, 5) is 22.4. The molecule has 0 spiro atoms. The number of amides is 2. The predicted molar refractivity (Wildman–Crippen MR) is 83.3 cm³/mol. The zero-order valence-electron chi connectivity index (χ0n) is 12.9. The Morgan fingerprint density at radius 2 is 1.96 bits per heavy atom. The van der Waals surface area contributed by atoms with Crippen molar-refractivity contribution in [3.8, 4) is 0 Å². The number of carboxylic acid groups (broad SMARTS) is 1. The number of aromatic nitrogens is 2. The molecule has 0 aliphatic rings. The lowest BCUT2D eigenvalue weighted by Crippen LogP contribution is -2.21. The highest BCUT2D eigenvalue weighted by molar-refractivity contribution is 5.99. The molecule has 0 saturated heterocycles. The van der Waals surface area contributed by atoms with Crippen molar-refractivity contribution in [1.82, 2.24) is 9.78 Å². The topological polar surface area (TPSA) is 96.3 Å². The summed E-state index contributed by atoms with van der Waals surface area (Å²) in [7, 11) is 0. The maximum absolute atomic E-state index is 12.3. The van der Waals surface area contributed by atoms with Gasteiger partial charge in [-0.3, -0.25) is 14.8 Å². The Labute approximate surface area is 140 Å². The Bertz CT molecular complexity index is 758. The minimum Gasteiger partial charge on any atom is -0.481 e. The maximum atomic E-state index is 12.3. The third-order valence-electron chi connectivity index (χ3n) is 3.04. The van der Waals surface area contributed by atoms with Gasteiger partial charge in [-0.2, -0.15) is 18.3 Å².